The van der Waals surface area contributed by atoms with Crippen molar-refractivity contribution >= 4 is 43.9 Å². The molecule has 7 aromatic rings. The van der Waals surface area contributed by atoms with Crippen LogP contribution in [0.2, 0.25) is 0 Å². The molecule has 0 aliphatic carbocycles. The average molecular weight is 413 g/mol. The molecule has 7 rings (SSSR count). The van der Waals surface area contributed by atoms with E-state index in [1.54, 1.807) is 6.20 Å². The summed E-state index contributed by atoms with van der Waals surface area (Å²) in [5.74, 6) is 0.738. The van der Waals surface area contributed by atoms with Crippen molar-refractivity contribution in [1.29, 1.82) is 0 Å². The average Bonchev–Trinajstić information content (AvgIpc) is 3.43. The molecule has 0 amide bonds. The molecule has 0 fully saturated rings. The lowest BCUT2D eigenvalue weighted by molar-refractivity contribution is 0.673. The Balaban J connectivity index is 1.61. The second-order valence-electron chi connectivity index (χ2n) is 7.70. The van der Waals surface area contributed by atoms with E-state index in [-0.39, 0.29) is 0 Å². The lowest BCUT2D eigenvalue weighted by Crippen LogP contribution is -1.98. The van der Waals surface area contributed by atoms with E-state index in [1.807, 2.05) is 54.6 Å². The molecule has 6 heteroatoms. The van der Waals surface area contributed by atoms with Gasteiger partial charge in [-0.15, -0.1) is 10.2 Å². The summed E-state index contributed by atoms with van der Waals surface area (Å²) in [6, 6.07) is 28.8. The first-order valence-electron chi connectivity index (χ1n) is 10.3. The molecule has 3 heterocycles. The second-order valence-corrected chi connectivity index (χ2v) is 7.70. The Hall–Kier alpha value is -4.58. The fourth-order valence-electron chi connectivity index (χ4n) is 4.48. The minimum atomic E-state index is 0.539. The first-order valence-corrected chi connectivity index (χ1v) is 10.3. The van der Waals surface area contributed by atoms with Crippen LogP contribution in [0.3, 0.4) is 0 Å². The number of nitrogens with zero attached hydrogens (tertiary/aromatic N) is 5. The molecule has 0 bridgehead atoms. The number of hydrogen-bond donors (Lipinski definition) is 0. The fourth-order valence-corrected chi connectivity index (χ4v) is 4.48. The van der Waals surface area contributed by atoms with E-state index >= 15 is 0 Å². The summed E-state index contributed by atoms with van der Waals surface area (Å²) >= 11 is 0. The highest BCUT2D eigenvalue weighted by Gasteiger charge is 2.21. The molecule has 0 unspecified atom stereocenters. The third-order valence-corrected chi connectivity index (χ3v) is 5.91. The number of imidazole rings is 1. The van der Waals surface area contributed by atoms with Crippen molar-refractivity contribution < 1.29 is 4.42 Å². The molecular formula is C26H15N5O. The summed E-state index contributed by atoms with van der Waals surface area (Å²) in [6.07, 6.45) is 1.69. The molecule has 32 heavy (non-hydrogen) atoms. The molecule has 4 aromatic carbocycles. The predicted octanol–water partition coefficient (Wildman–Crippen LogP) is 5.93. The maximum Gasteiger partial charge on any atom is 0.204 e. The molecule has 0 aliphatic heterocycles. The zero-order chi connectivity index (χ0) is 21.1. The van der Waals surface area contributed by atoms with E-state index < -0.39 is 0 Å². The van der Waals surface area contributed by atoms with Gasteiger partial charge in [0.1, 0.15) is 16.7 Å². The number of fused-ring (bicyclic) bond motifs is 6. The van der Waals surface area contributed by atoms with Gasteiger partial charge in [0.15, 0.2) is 5.82 Å². The van der Waals surface area contributed by atoms with Gasteiger partial charge in [0, 0.05) is 21.8 Å². The standard InChI is InChI=1S/C26H15N5O/c1-2-8-17(9-3-1)31-22-15-27-30-29-25(22)28-26(31)21-12-6-11-19-20-14-13-16-7-4-5-10-18(16)23(20)32-24(19)21/h1-15H. The van der Waals surface area contributed by atoms with Gasteiger partial charge < -0.3 is 4.42 Å². The number of benzene rings is 4. The first kappa shape index (κ1) is 17.1. The van der Waals surface area contributed by atoms with Gasteiger partial charge in [-0.2, -0.15) is 0 Å². The topological polar surface area (TPSA) is 69.6 Å². The Labute approximate surface area is 181 Å². The van der Waals surface area contributed by atoms with Crippen LogP contribution in [0.4, 0.5) is 0 Å². The summed E-state index contributed by atoms with van der Waals surface area (Å²) in [6.45, 7) is 0. The van der Waals surface area contributed by atoms with Crippen LogP contribution in [0, 0.1) is 0 Å². The smallest absolute Gasteiger partial charge is 0.204 e. The van der Waals surface area contributed by atoms with E-state index in [2.05, 4.69) is 50.3 Å². The summed E-state index contributed by atoms with van der Waals surface area (Å²) in [7, 11) is 0. The van der Waals surface area contributed by atoms with Crippen LogP contribution >= 0.6 is 0 Å². The van der Waals surface area contributed by atoms with Gasteiger partial charge in [-0.3, -0.25) is 4.57 Å². The molecule has 0 spiro atoms. The molecule has 0 radical (unpaired) electrons. The van der Waals surface area contributed by atoms with Gasteiger partial charge in [-0.05, 0) is 34.9 Å². The van der Waals surface area contributed by atoms with Crippen molar-refractivity contribution in [3.63, 3.8) is 0 Å². The van der Waals surface area contributed by atoms with E-state index in [9.17, 15) is 0 Å². The lowest BCUT2D eigenvalue weighted by Gasteiger charge is -2.09. The van der Waals surface area contributed by atoms with Crippen LogP contribution < -0.4 is 0 Å². The van der Waals surface area contributed by atoms with Crippen LogP contribution in [0.5, 0.6) is 0 Å². The number of furan rings is 1. The minimum absolute atomic E-state index is 0.539. The Morgan fingerprint density at radius 3 is 2.44 bits per heavy atom. The maximum atomic E-state index is 6.53. The summed E-state index contributed by atoms with van der Waals surface area (Å²) in [5.41, 5.74) is 4.88. The van der Waals surface area contributed by atoms with Gasteiger partial charge in [0.25, 0.3) is 0 Å². The van der Waals surface area contributed by atoms with Gasteiger partial charge in [0.2, 0.25) is 5.65 Å². The molecule has 0 atom stereocenters. The van der Waals surface area contributed by atoms with Crippen LogP contribution in [0.15, 0.2) is 95.5 Å². The quantitative estimate of drug-likeness (QED) is 0.351. The summed E-state index contributed by atoms with van der Waals surface area (Å²) < 4.78 is 8.59. The van der Waals surface area contributed by atoms with E-state index in [0.717, 1.165) is 55.3 Å². The largest absolute Gasteiger partial charge is 0.455 e. The highest BCUT2D eigenvalue weighted by atomic mass is 16.3. The highest BCUT2D eigenvalue weighted by molar-refractivity contribution is 6.17. The van der Waals surface area contributed by atoms with Crippen molar-refractivity contribution in [3.05, 3.63) is 91.1 Å². The van der Waals surface area contributed by atoms with Gasteiger partial charge in [0.05, 0.1) is 11.8 Å². The monoisotopic (exact) mass is 413 g/mol. The van der Waals surface area contributed by atoms with E-state index in [4.69, 9.17) is 9.40 Å². The van der Waals surface area contributed by atoms with Crippen molar-refractivity contribution in [2.24, 2.45) is 0 Å². The molecule has 3 aromatic heterocycles. The molecule has 0 saturated carbocycles. The Morgan fingerprint density at radius 2 is 1.50 bits per heavy atom. The third-order valence-electron chi connectivity index (χ3n) is 5.91. The number of rotatable bonds is 2. The first-order chi connectivity index (χ1) is 15.9. The predicted molar refractivity (Wildman–Crippen MR) is 125 cm³/mol. The Morgan fingerprint density at radius 1 is 0.688 bits per heavy atom. The van der Waals surface area contributed by atoms with Crippen LogP contribution in [0.1, 0.15) is 0 Å². The number of hydrogen-bond acceptors (Lipinski definition) is 5. The van der Waals surface area contributed by atoms with Crippen LogP contribution in [-0.4, -0.2) is 25.0 Å². The number of aromatic nitrogens is 5. The zero-order valence-corrected chi connectivity index (χ0v) is 16.8. The Kier molecular flexibility index (Phi) is 3.46. The van der Waals surface area contributed by atoms with Gasteiger partial charge in [-0.1, -0.05) is 60.7 Å². The van der Waals surface area contributed by atoms with Crippen molar-refractivity contribution in [3.8, 4) is 17.1 Å². The van der Waals surface area contributed by atoms with Crippen molar-refractivity contribution in [1.82, 2.24) is 25.0 Å². The fraction of sp³-hybridized carbons (Fsp3) is 0. The second kappa shape index (κ2) is 6.46. The Bertz CT molecular complexity index is 1780. The molecule has 0 saturated heterocycles. The van der Waals surface area contributed by atoms with Gasteiger partial charge in [-0.25, -0.2) is 4.98 Å². The van der Waals surface area contributed by atoms with E-state index in [0.29, 0.717) is 5.65 Å². The normalized spacial score (nSPS) is 11.8. The molecule has 0 N–H and O–H groups in total. The summed E-state index contributed by atoms with van der Waals surface area (Å²) in [4.78, 5) is 4.83. The molecule has 0 aliphatic rings. The lowest BCUT2D eigenvalue weighted by atomic mass is 10.0. The van der Waals surface area contributed by atoms with E-state index in [1.165, 1.54) is 0 Å². The van der Waals surface area contributed by atoms with Crippen molar-refractivity contribution in [2.75, 3.05) is 0 Å². The van der Waals surface area contributed by atoms with Crippen molar-refractivity contribution in [2.45, 2.75) is 0 Å². The summed E-state index contributed by atoms with van der Waals surface area (Å²) in [5, 5.41) is 16.3. The SMILES string of the molecule is c1ccc(-n2c(-c3cccc4c3oc3c5ccccc5ccc43)nc3nnncc32)cc1. The minimum Gasteiger partial charge on any atom is -0.455 e. The number of para-hydroxylation sites is 2. The molecule has 6 nitrogen and oxygen atoms in total. The third kappa shape index (κ3) is 2.34. The molecule has 150 valence electrons. The maximum absolute atomic E-state index is 6.53. The zero-order valence-electron chi connectivity index (χ0n) is 16.8. The highest BCUT2D eigenvalue weighted by Crippen LogP contribution is 2.39. The van der Waals surface area contributed by atoms with Gasteiger partial charge >= 0.3 is 0 Å². The molecular weight excluding hydrogens is 398 g/mol. The van der Waals surface area contributed by atoms with Crippen LogP contribution in [0.25, 0.3) is 61.0 Å². The van der Waals surface area contributed by atoms with Crippen LogP contribution in [-0.2, 0) is 0 Å².